The Morgan fingerprint density at radius 3 is 2.56 bits per heavy atom. The van der Waals surface area contributed by atoms with Crippen molar-refractivity contribution in [3.05, 3.63) is 36.2 Å². The molecular weight excluding hydrogens is 344 g/mol. The molecule has 3 amide bonds. The molecule has 1 aliphatic rings. The molecule has 1 N–H and O–H groups in total. The fraction of sp³-hybridized carbons (Fsp3) is 0.500. The van der Waals surface area contributed by atoms with Gasteiger partial charge in [-0.15, -0.1) is 10.2 Å². The lowest BCUT2D eigenvalue weighted by atomic mass is 9.94. The van der Waals surface area contributed by atoms with Crippen LogP contribution in [0.4, 0.5) is 4.79 Å². The molecule has 27 heavy (non-hydrogen) atoms. The smallest absolute Gasteiger partial charge is 0.325 e. The summed E-state index contributed by atoms with van der Waals surface area (Å²) >= 11 is 0. The summed E-state index contributed by atoms with van der Waals surface area (Å²) in [5, 5.41) is 10.8. The molecule has 1 unspecified atom stereocenters. The van der Waals surface area contributed by atoms with Crippen LogP contribution in [0, 0.1) is 0 Å². The van der Waals surface area contributed by atoms with E-state index in [0.717, 1.165) is 29.7 Å². The van der Waals surface area contributed by atoms with E-state index >= 15 is 0 Å². The second-order valence-corrected chi connectivity index (χ2v) is 7.18. The highest BCUT2D eigenvalue weighted by atomic mass is 16.4. The summed E-state index contributed by atoms with van der Waals surface area (Å²) in [5.74, 6) is 0.378. The predicted molar refractivity (Wildman–Crippen MR) is 101 cm³/mol. The van der Waals surface area contributed by atoms with Crippen LogP contribution in [0.15, 0.2) is 34.7 Å². The predicted octanol–water partition coefficient (Wildman–Crippen LogP) is 3.91. The molecule has 0 radical (unpaired) electrons. The van der Waals surface area contributed by atoms with Crippen molar-refractivity contribution < 1.29 is 14.0 Å². The number of nitrogens with one attached hydrogen (secondary N) is 1. The van der Waals surface area contributed by atoms with E-state index in [4.69, 9.17) is 4.42 Å². The quantitative estimate of drug-likeness (QED) is 0.534. The third kappa shape index (κ3) is 4.35. The summed E-state index contributed by atoms with van der Waals surface area (Å²) in [4.78, 5) is 26.3. The Balaban J connectivity index is 1.61. The van der Waals surface area contributed by atoms with Crippen molar-refractivity contribution in [2.75, 3.05) is 0 Å². The fourth-order valence-electron chi connectivity index (χ4n) is 3.29. The Morgan fingerprint density at radius 1 is 1.07 bits per heavy atom. The molecule has 1 aliphatic heterocycles. The highest BCUT2D eigenvalue weighted by Gasteiger charge is 2.47. The number of aromatic nitrogens is 2. The molecular formula is C20H26N4O3. The summed E-state index contributed by atoms with van der Waals surface area (Å²) in [6.07, 6.45) is 6.14. The van der Waals surface area contributed by atoms with E-state index in [9.17, 15) is 9.59 Å². The number of nitrogens with zero attached hydrogens (tertiary/aromatic N) is 3. The van der Waals surface area contributed by atoms with Crippen LogP contribution < -0.4 is 5.32 Å². The number of unbranched alkanes of at least 4 members (excludes halogenated alkanes) is 4. The van der Waals surface area contributed by atoms with E-state index < -0.39 is 11.6 Å². The minimum atomic E-state index is -0.856. The second-order valence-electron chi connectivity index (χ2n) is 7.18. The number of benzene rings is 1. The average molecular weight is 370 g/mol. The first-order chi connectivity index (χ1) is 13.0. The minimum absolute atomic E-state index is 0.0179. The normalized spacial score (nSPS) is 19.6. The van der Waals surface area contributed by atoms with Gasteiger partial charge in [-0.25, -0.2) is 4.79 Å². The maximum absolute atomic E-state index is 12.8. The van der Waals surface area contributed by atoms with Crippen molar-refractivity contribution in [2.24, 2.45) is 0 Å². The van der Waals surface area contributed by atoms with E-state index in [1.54, 1.807) is 6.92 Å². The molecule has 1 aromatic heterocycles. The Bertz CT molecular complexity index is 790. The zero-order valence-electron chi connectivity index (χ0n) is 15.9. The number of urea groups is 1. The van der Waals surface area contributed by atoms with Gasteiger partial charge >= 0.3 is 6.03 Å². The zero-order valence-corrected chi connectivity index (χ0v) is 15.9. The first kappa shape index (κ1) is 19.1. The molecule has 1 fully saturated rings. The van der Waals surface area contributed by atoms with Gasteiger partial charge in [0.15, 0.2) is 0 Å². The van der Waals surface area contributed by atoms with Crippen LogP contribution in [-0.4, -0.2) is 32.6 Å². The van der Waals surface area contributed by atoms with Gasteiger partial charge in [-0.1, -0.05) is 57.2 Å². The standard InChI is InChI=1S/C20H26N4O3/c1-3-4-5-6-10-13-20(2)18(25)24(19(26)21-20)14-16-22-23-17(27-16)15-11-8-7-9-12-15/h7-9,11-12H,3-6,10,13-14H2,1-2H3,(H,21,26). The number of rotatable bonds is 9. The van der Waals surface area contributed by atoms with E-state index in [-0.39, 0.29) is 18.3 Å². The number of carbonyl (C=O) groups excluding carboxylic acids is 2. The number of carbonyl (C=O) groups is 2. The largest absolute Gasteiger partial charge is 0.419 e. The molecule has 0 saturated carbocycles. The van der Waals surface area contributed by atoms with Crippen LogP contribution in [-0.2, 0) is 11.3 Å². The highest BCUT2D eigenvalue weighted by Crippen LogP contribution is 2.26. The maximum atomic E-state index is 12.8. The van der Waals surface area contributed by atoms with Crippen LogP contribution in [0.5, 0.6) is 0 Å². The van der Waals surface area contributed by atoms with Crippen LogP contribution in [0.2, 0.25) is 0 Å². The van der Waals surface area contributed by atoms with Crippen molar-refractivity contribution >= 4 is 11.9 Å². The molecule has 1 saturated heterocycles. The van der Waals surface area contributed by atoms with Gasteiger partial charge in [0.25, 0.3) is 5.91 Å². The Labute approximate surface area is 159 Å². The number of hydrogen-bond acceptors (Lipinski definition) is 5. The van der Waals surface area contributed by atoms with Crippen LogP contribution in [0.25, 0.3) is 11.5 Å². The maximum Gasteiger partial charge on any atom is 0.325 e. The van der Waals surface area contributed by atoms with E-state index in [1.807, 2.05) is 30.3 Å². The second kappa shape index (κ2) is 8.33. The molecule has 0 aliphatic carbocycles. The summed E-state index contributed by atoms with van der Waals surface area (Å²) < 4.78 is 5.63. The SMILES string of the molecule is CCCCCCCC1(C)NC(=O)N(Cc2nnc(-c3ccccc3)o2)C1=O. The van der Waals surface area contributed by atoms with Crippen molar-refractivity contribution in [1.29, 1.82) is 0 Å². The molecule has 0 bridgehead atoms. The molecule has 3 rings (SSSR count). The summed E-state index contributed by atoms with van der Waals surface area (Å²) in [5.41, 5.74) is -0.0589. The van der Waals surface area contributed by atoms with Gasteiger partial charge in [-0.2, -0.15) is 0 Å². The van der Waals surface area contributed by atoms with Crippen molar-refractivity contribution in [3.8, 4) is 11.5 Å². The lowest BCUT2D eigenvalue weighted by molar-refractivity contribution is -0.131. The average Bonchev–Trinajstić information content (AvgIpc) is 3.22. The summed E-state index contributed by atoms with van der Waals surface area (Å²) in [6, 6.07) is 8.97. The molecule has 144 valence electrons. The number of amides is 3. The third-order valence-corrected chi connectivity index (χ3v) is 4.91. The van der Waals surface area contributed by atoms with Crippen molar-refractivity contribution in [3.63, 3.8) is 0 Å². The van der Waals surface area contributed by atoms with Crippen LogP contribution in [0.3, 0.4) is 0 Å². The third-order valence-electron chi connectivity index (χ3n) is 4.91. The Morgan fingerprint density at radius 2 is 1.81 bits per heavy atom. The van der Waals surface area contributed by atoms with E-state index in [1.165, 1.54) is 12.8 Å². The molecule has 2 heterocycles. The molecule has 0 spiro atoms. The molecule has 2 aromatic rings. The first-order valence-corrected chi connectivity index (χ1v) is 9.55. The monoisotopic (exact) mass is 370 g/mol. The van der Waals surface area contributed by atoms with Gasteiger partial charge in [0.2, 0.25) is 11.8 Å². The van der Waals surface area contributed by atoms with Gasteiger partial charge in [0.05, 0.1) is 0 Å². The molecule has 7 nitrogen and oxygen atoms in total. The number of imide groups is 1. The first-order valence-electron chi connectivity index (χ1n) is 9.55. The van der Waals surface area contributed by atoms with Crippen LogP contribution in [0.1, 0.15) is 58.3 Å². The van der Waals surface area contributed by atoms with Crippen molar-refractivity contribution in [1.82, 2.24) is 20.4 Å². The van der Waals surface area contributed by atoms with E-state index in [2.05, 4.69) is 22.4 Å². The fourth-order valence-corrected chi connectivity index (χ4v) is 3.29. The lowest BCUT2D eigenvalue weighted by Gasteiger charge is -2.21. The van der Waals surface area contributed by atoms with Gasteiger partial charge < -0.3 is 9.73 Å². The Hall–Kier alpha value is -2.70. The summed E-state index contributed by atoms with van der Waals surface area (Å²) in [6.45, 7) is 3.94. The van der Waals surface area contributed by atoms with Gasteiger partial charge in [0, 0.05) is 5.56 Å². The lowest BCUT2D eigenvalue weighted by Crippen LogP contribution is -2.43. The topological polar surface area (TPSA) is 88.3 Å². The van der Waals surface area contributed by atoms with Crippen molar-refractivity contribution in [2.45, 2.75) is 64.5 Å². The number of hydrogen-bond donors (Lipinski definition) is 1. The molecule has 1 atom stereocenters. The molecule has 7 heteroatoms. The highest BCUT2D eigenvalue weighted by molar-refractivity contribution is 6.06. The Kier molecular flexibility index (Phi) is 5.88. The van der Waals surface area contributed by atoms with E-state index in [0.29, 0.717) is 12.3 Å². The summed E-state index contributed by atoms with van der Waals surface area (Å²) in [7, 11) is 0. The van der Waals surface area contributed by atoms with Gasteiger partial charge in [-0.3, -0.25) is 9.69 Å². The molecule has 1 aromatic carbocycles. The minimum Gasteiger partial charge on any atom is -0.419 e. The van der Waals surface area contributed by atoms with Gasteiger partial charge in [-0.05, 0) is 25.5 Å². The van der Waals surface area contributed by atoms with Crippen LogP contribution >= 0.6 is 0 Å². The zero-order chi connectivity index (χ0) is 19.3. The van der Waals surface area contributed by atoms with Gasteiger partial charge in [0.1, 0.15) is 12.1 Å².